The molecule has 1 aromatic carbocycles. The summed E-state index contributed by atoms with van der Waals surface area (Å²) in [5.74, 6) is 0.511. The molecule has 1 heterocycles. The number of urea groups is 1. The number of imide groups is 1. The van der Waals surface area contributed by atoms with Crippen LogP contribution in [-0.4, -0.2) is 18.5 Å². The summed E-state index contributed by atoms with van der Waals surface area (Å²) in [6.07, 6.45) is 4.52. The van der Waals surface area contributed by atoms with E-state index in [1.54, 1.807) is 0 Å². The van der Waals surface area contributed by atoms with Crippen molar-refractivity contribution in [1.29, 1.82) is 0 Å². The fourth-order valence-electron chi connectivity index (χ4n) is 3.13. The van der Waals surface area contributed by atoms with Crippen molar-refractivity contribution in [2.24, 2.45) is 0 Å². The maximum Gasteiger partial charge on any atom is 0.322 e. The second-order valence-corrected chi connectivity index (χ2v) is 5.69. The first-order valence-corrected chi connectivity index (χ1v) is 7.55. The molecule has 1 unspecified atom stereocenters. The number of unbranched alkanes of at least 4 members (excludes halogenated alkanes) is 1. The number of ether oxygens (including phenoxy) is 1. The standard InChI is InChI=1S/C16H20N2O3/c1-2-3-9-21-12-7-6-11-5-4-8-16(13(11)10-12)14(19)17-15(20)18-16/h6-7,10H,2-5,8-9H2,1H3,(H2,17,18,19,20). The van der Waals surface area contributed by atoms with Crippen molar-refractivity contribution in [2.75, 3.05) is 6.61 Å². The highest BCUT2D eigenvalue weighted by Gasteiger charge is 2.49. The number of hydrogen-bond donors (Lipinski definition) is 2. The maximum absolute atomic E-state index is 12.3. The van der Waals surface area contributed by atoms with E-state index < -0.39 is 11.6 Å². The SMILES string of the molecule is CCCCOc1ccc2c(c1)C1(CCC2)NC(=O)NC1=O. The van der Waals surface area contributed by atoms with Gasteiger partial charge in [-0.1, -0.05) is 19.4 Å². The molecule has 0 radical (unpaired) electrons. The van der Waals surface area contributed by atoms with E-state index in [0.717, 1.165) is 42.6 Å². The molecule has 1 spiro atoms. The fourth-order valence-corrected chi connectivity index (χ4v) is 3.13. The van der Waals surface area contributed by atoms with Crippen LogP contribution >= 0.6 is 0 Å². The number of hydrogen-bond acceptors (Lipinski definition) is 3. The zero-order chi connectivity index (χ0) is 14.9. The van der Waals surface area contributed by atoms with Gasteiger partial charge in [0, 0.05) is 0 Å². The highest BCUT2D eigenvalue weighted by Crippen LogP contribution is 2.39. The predicted octanol–water partition coefficient (Wildman–Crippen LogP) is 2.24. The molecule has 1 saturated heterocycles. The van der Waals surface area contributed by atoms with Gasteiger partial charge in [0.05, 0.1) is 6.61 Å². The summed E-state index contributed by atoms with van der Waals surface area (Å²) in [5, 5.41) is 5.17. The lowest BCUT2D eigenvalue weighted by Crippen LogP contribution is -2.46. The van der Waals surface area contributed by atoms with E-state index in [1.165, 1.54) is 0 Å². The van der Waals surface area contributed by atoms with Gasteiger partial charge in [-0.3, -0.25) is 10.1 Å². The van der Waals surface area contributed by atoms with Crippen LogP contribution < -0.4 is 15.4 Å². The average Bonchev–Trinajstić information content (AvgIpc) is 2.75. The Hall–Kier alpha value is -2.04. The van der Waals surface area contributed by atoms with Crippen molar-refractivity contribution in [3.8, 4) is 5.75 Å². The lowest BCUT2D eigenvalue weighted by molar-refractivity contribution is -0.124. The van der Waals surface area contributed by atoms with Gasteiger partial charge in [-0.25, -0.2) is 4.79 Å². The van der Waals surface area contributed by atoms with Gasteiger partial charge in [0.2, 0.25) is 0 Å². The minimum atomic E-state index is -0.908. The molecule has 5 nitrogen and oxygen atoms in total. The Morgan fingerprint density at radius 3 is 2.90 bits per heavy atom. The Kier molecular flexibility index (Phi) is 3.57. The molecule has 0 aromatic heterocycles. The number of nitrogens with one attached hydrogen (secondary N) is 2. The molecule has 3 amide bonds. The Bertz CT molecular complexity index is 585. The second-order valence-electron chi connectivity index (χ2n) is 5.69. The number of carbonyl (C=O) groups excluding carboxylic acids is 2. The number of fused-ring (bicyclic) bond motifs is 2. The lowest BCUT2D eigenvalue weighted by Gasteiger charge is -2.33. The molecular weight excluding hydrogens is 268 g/mol. The molecule has 1 aliphatic carbocycles. The Morgan fingerprint density at radius 2 is 2.19 bits per heavy atom. The second kappa shape index (κ2) is 5.39. The minimum absolute atomic E-state index is 0.251. The zero-order valence-corrected chi connectivity index (χ0v) is 12.2. The van der Waals surface area contributed by atoms with Crippen LogP contribution in [0.5, 0.6) is 5.75 Å². The van der Waals surface area contributed by atoms with Gasteiger partial charge in [-0.15, -0.1) is 0 Å². The topological polar surface area (TPSA) is 67.4 Å². The summed E-state index contributed by atoms with van der Waals surface area (Å²) in [6.45, 7) is 2.78. The quantitative estimate of drug-likeness (QED) is 0.659. The summed E-state index contributed by atoms with van der Waals surface area (Å²) in [5.41, 5.74) is 1.09. The molecule has 0 bridgehead atoms. The van der Waals surface area contributed by atoms with Gasteiger partial charge < -0.3 is 10.1 Å². The highest BCUT2D eigenvalue weighted by molar-refractivity contribution is 6.07. The summed E-state index contributed by atoms with van der Waals surface area (Å²) in [4.78, 5) is 23.8. The molecule has 112 valence electrons. The zero-order valence-electron chi connectivity index (χ0n) is 12.2. The minimum Gasteiger partial charge on any atom is -0.494 e. The van der Waals surface area contributed by atoms with Crippen LogP contribution in [0.3, 0.4) is 0 Å². The van der Waals surface area contributed by atoms with Crippen molar-refractivity contribution < 1.29 is 14.3 Å². The number of aryl methyl sites for hydroxylation is 1. The lowest BCUT2D eigenvalue weighted by atomic mass is 9.76. The van der Waals surface area contributed by atoms with Crippen LogP contribution in [0.15, 0.2) is 18.2 Å². The molecule has 21 heavy (non-hydrogen) atoms. The third-order valence-electron chi connectivity index (χ3n) is 4.25. The molecule has 5 heteroatoms. The van der Waals surface area contributed by atoms with Gasteiger partial charge in [0.1, 0.15) is 11.3 Å². The first-order chi connectivity index (χ1) is 10.2. The summed E-state index contributed by atoms with van der Waals surface area (Å²) < 4.78 is 5.73. The van der Waals surface area contributed by atoms with Crippen molar-refractivity contribution in [3.05, 3.63) is 29.3 Å². The van der Waals surface area contributed by atoms with Crippen LogP contribution in [0.1, 0.15) is 43.7 Å². The van der Waals surface area contributed by atoms with Crippen LogP contribution in [0.2, 0.25) is 0 Å². The van der Waals surface area contributed by atoms with E-state index in [2.05, 4.69) is 17.6 Å². The molecule has 2 N–H and O–H groups in total. The van der Waals surface area contributed by atoms with Crippen molar-refractivity contribution in [3.63, 3.8) is 0 Å². The Morgan fingerprint density at radius 1 is 1.33 bits per heavy atom. The third kappa shape index (κ3) is 2.37. The third-order valence-corrected chi connectivity index (χ3v) is 4.25. The van der Waals surface area contributed by atoms with E-state index >= 15 is 0 Å². The number of carbonyl (C=O) groups is 2. The summed E-state index contributed by atoms with van der Waals surface area (Å²) in [6, 6.07) is 5.46. The van der Waals surface area contributed by atoms with Gasteiger partial charge >= 0.3 is 6.03 Å². The van der Waals surface area contributed by atoms with Crippen molar-refractivity contribution >= 4 is 11.9 Å². The molecule has 1 aliphatic heterocycles. The fraction of sp³-hybridized carbons (Fsp3) is 0.500. The molecule has 0 saturated carbocycles. The maximum atomic E-state index is 12.3. The molecule has 1 atom stereocenters. The molecule has 3 rings (SSSR count). The molecule has 1 fully saturated rings. The first kappa shape index (κ1) is 13.9. The smallest absolute Gasteiger partial charge is 0.322 e. The average molecular weight is 288 g/mol. The highest BCUT2D eigenvalue weighted by atomic mass is 16.5. The van der Waals surface area contributed by atoms with E-state index in [4.69, 9.17) is 4.74 Å². The largest absolute Gasteiger partial charge is 0.494 e. The Labute approximate surface area is 124 Å². The van der Waals surface area contributed by atoms with E-state index in [-0.39, 0.29) is 5.91 Å². The summed E-state index contributed by atoms with van der Waals surface area (Å²) in [7, 11) is 0. The van der Waals surface area contributed by atoms with E-state index in [0.29, 0.717) is 13.0 Å². The first-order valence-electron chi connectivity index (χ1n) is 7.55. The van der Waals surface area contributed by atoms with Crippen molar-refractivity contribution in [1.82, 2.24) is 10.6 Å². The number of rotatable bonds is 4. The number of benzene rings is 1. The molecule has 1 aromatic rings. The predicted molar refractivity (Wildman–Crippen MR) is 78.1 cm³/mol. The van der Waals surface area contributed by atoms with Gasteiger partial charge in [-0.2, -0.15) is 0 Å². The van der Waals surface area contributed by atoms with Crippen LogP contribution in [-0.2, 0) is 16.8 Å². The van der Waals surface area contributed by atoms with Crippen LogP contribution in [0.25, 0.3) is 0 Å². The van der Waals surface area contributed by atoms with Crippen molar-refractivity contribution in [2.45, 2.75) is 44.6 Å². The monoisotopic (exact) mass is 288 g/mol. The summed E-state index contributed by atoms with van der Waals surface area (Å²) >= 11 is 0. The van der Waals surface area contributed by atoms with Gasteiger partial charge in [0.25, 0.3) is 5.91 Å². The molecular formula is C16H20N2O3. The number of amides is 3. The van der Waals surface area contributed by atoms with Crippen LogP contribution in [0, 0.1) is 0 Å². The van der Waals surface area contributed by atoms with Gasteiger partial charge in [0.15, 0.2) is 0 Å². The Balaban J connectivity index is 1.94. The van der Waals surface area contributed by atoms with Gasteiger partial charge in [-0.05, 0) is 48.9 Å². The van der Waals surface area contributed by atoms with E-state index in [1.807, 2.05) is 18.2 Å². The normalized spacial score (nSPS) is 23.7. The van der Waals surface area contributed by atoms with Crippen LogP contribution in [0.4, 0.5) is 4.79 Å². The molecule has 2 aliphatic rings. The van der Waals surface area contributed by atoms with E-state index in [9.17, 15) is 9.59 Å².